The van der Waals surface area contributed by atoms with E-state index in [1.54, 1.807) is 32.2 Å². The fraction of sp³-hybridized carbons (Fsp3) is 0.238. The Balaban J connectivity index is 1.68. The summed E-state index contributed by atoms with van der Waals surface area (Å²) in [7, 11) is 1.57. The van der Waals surface area contributed by atoms with Crippen molar-refractivity contribution in [3.63, 3.8) is 0 Å². The van der Waals surface area contributed by atoms with Crippen molar-refractivity contribution in [1.29, 1.82) is 0 Å². The average Bonchev–Trinajstić information content (AvgIpc) is 3.02. The van der Waals surface area contributed by atoms with Crippen molar-refractivity contribution < 1.29 is 23.5 Å². The molecule has 3 rings (SSSR count). The van der Waals surface area contributed by atoms with Crippen molar-refractivity contribution in [1.82, 2.24) is 0 Å². The summed E-state index contributed by atoms with van der Waals surface area (Å²) in [5, 5.41) is 3.53. The predicted octanol–water partition coefficient (Wildman–Crippen LogP) is 4.11. The molecular formula is C21H21NO5. The summed E-state index contributed by atoms with van der Waals surface area (Å²) in [6.45, 7) is 3.38. The Kier molecular flexibility index (Phi) is 5.45. The minimum absolute atomic E-state index is 0.0833. The molecule has 0 saturated carbocycles. The molecule has 0 atom stereocenters. The van der Waals surface area contributed by atoms with Crippen LogP contribution in [0, 0.1) is 6.92 Å². The van der Waals surface area contributed by atoms with Gasteiger partial charge in [0.15, 0.2) is 6.61 Å². The number of carbonyl (C=O) groups is 2. The zero-order valence-electron chi connectivity index (χ0n) is 15.5. The minimum Gasteiger partial charge on any atom is -0.497 e. The standard InChI is InChI=1S/C21H21NO5/c1-4-14-7-5-6-8-17(14)22-19(23)12-26-21(24)20-13(2)16-11-15(25-3)9-10-18(16)27-20/h5-11H,4,12H2,1-3H3,(H,22,23). The fourth-order valence-corrected chi connectivity index (χ4v) is 2.86. The number of methoxy groups -OCH3 is 1. The van der Waals surface area contributed by atoms with Crippen molar-refractivity contribution >= 4 is 28.5 Å². The second-order valence-corrected chi connectivity index (χ2v) is 6.05. The van der Waals surface area contributed by atoms with Crippen LogP contribution in [0.5, 0.6) is 5.75 Å². The van der Waals surface area contributed by atoms with Gasteiger partial charge in [-0.1, -0.05) is 25.1 Å². The number of amides is 1. The lowest BCUT2D eigenvalue weighted by atomic mass is 10.1. The zero-order chi connectivity index (χ0) is 19.4. The zero-order valence-corrected chi connectivity index (χ0v) is 15.5. The van der Waals surface area contributed by atoms with Crippen LogP contribution in [-0.2, 0) is 16.0 Å². The molecular weight excluding hydrogens is 346 g/mol. The summed E-state index contributed by atoms with van der Waals surface area (Å²) < 4.78 is 15.9. The molecule has 0 unspecified atom stereocenters. The van der Waals surface area contributed by atoms with E-state index >= 15 is 0 Å². The van der Waals surface area contributed by atoms with Gasteiger partial charge in [-0.25, -0.2) is 4.79 Å². The lowest BCUT2D eigenvalue weighted by Crippen LogP contribution is -2.21. The molecule has 0 aliphatic heterocycles. The van der Waals surface area contributed by atoms with Crippen molar-refractivity contribution in [3.05, 3.63) is 59.4 Å². The van der Waals surface area contributed by atoms with E-state index in [0.717, 1.165) is 17.4 Å². The molecule has 1 aromatic heterocycles. The van der Waals surface area contributed by atoms with Crippen molar-refractivity contribution in [2.75, 3.05) is 19.0 Å². The topological polar surface area (TPSA) is 77.8 Å². The van der Waals surface area contributed by atoms with Crippen LogP contribution >= 0.6 is 0 Å². The third kappa shape index (κ3) is 3.95. The number of fused-ring (bicyclic) bond motifs is 1. The van der Waals surface area contributed by atoms with Gasteiger partial charge in [0.1, 0.15) is 11.3 Å². The maximum absolute atomic E-state index is 12.3. The summed E-state index contributed by atoms with van der Waals surface area (Å²) in [4.78, 5) is 24.5. The molecule has 0 bridgehead atoms. The molecule has 3 aromatic rings. The number of ether oxygens (including phenoxy) is 2. The number of para-hydroxylation sites is 1. The molecule has 0 aliphatic carbocycles. The van der Waals surface area contributed by atoms with Crippen molar-refractivity contribution in [2.45, 2.75) is 20.3 Å². The van der Waals surface area contributed by atoms with Gasteiger partial charge >= 0.3 is 5.97 Å². The van der Waals surface area contributed by atoms with Gasteiger partial charge in [0.2, 0.25) is 5.76 Å². The summed E-state index contributed by atoms with van der Waals surface area (Å²) in [5.74, 6) is -0.332. The predicted molar refractivity (Wildman–Crippen MR) is 102 cm³/mol. The first kappa shape index (κ1) is 18.5. The van der Waals surface area contributed by atoms with Crippen molar-refractivity contribution in [2.24, 2.45) is 0 Å². The largest absolute Gasteiger partial charge is 0.497 e. The van der Waals surface area contributed by atoms with E-state index in [-0.39, 0.29) is 5.76 Å². The van der Waals surface area contributed by atoms with Gasteiger partial charge in [-0.05, 0) is 43.2 Å². The van der Waals surface area contributed by atoms with E-state index in [2.05, 4.69) is 5.32 Å². The van der Waals surface area contributed by atoms with Gasteiger partial charge in [0.25, 0.3) is 5.91 Å². The molecule has 6 heteroatoms. The normalized spacial score (nSPS) is 10.6. The number of carbonyl (C=O) groups excluding carboxylic acids is 2. The van der Waals surface area contributed by atoms with Crippen LogP contribution in [0.1, 0.15) is 28.6 Å². The van der Waals surface area contributed by atoms with E-state index in [9.17, 15) is 9.59 Å². The van der Waals surface area contributed by atoms with Crippen LogP contribution in [0.25, 0.3) is 11.0 Å². The maximum atomic E-state index is 12.3. The summed E-state index contributed by atoms with van der Waals surface area (Å²) in [6, 6.07) is 12.8. The number of nitrogens with one attached hydrogen (secondary N) is 1. The average molecular weight is 367 g/mol. The summed E-state index contributed by atoms with van der Waals surface area (Å²) in [5.41, 5.74) is 2.93. The van der Waals surface area contributed by atoms with Gasteiger partial charge < -0.3 is 19.2 Å². The molecule has 2 aromatic carbocycles. The van der Waals surface area contributed by atoms with Crippen LogP contribution in [-0.4, -0.2) is 25.6 Å². The smallest absolute Gasteiger partial charge is 0.375 e. The first-order chi connectivity index (χ1) is 13.0. The van der Waals surface area contributed by atoms with E-state index in [4.69, 9.17) is 13.9 Å². The Labute approximate surface area is 157 Å². The van der Waals surface area contributed by atoms with Crippen molar-refractivity contribution in [3.8, 4) is 5.75 Å². The maximum Gasteiger partial charge on any atom is 0.375 e. The Morgan fingerprint density at radius 1 is 1.15 bits per heavy atom. The van der Waals surface area contributed by atoms with E-state index < -0.39 is 18.5 Å². The van der Waals surface area contributed by atoms with Gasteiger partial charge in [-0.3, -0.25) is 4.79 Å². The molecule has 1 amide bonds. The molecule has 0 fully saturated rings. The third-order valence-corrected chi connectivity index (χ3v) is 4.34. The highest BCUT2D eigenvalue weighted by Gasteiger charge is 2.20. The lowest BCUT2D eigenvalue weighted by Gasteiger charge is -2.09. The van der Waals surface area contributed by atoms with Gasteiger partial charge in [0.05, 0.1) is 7.11 Å². The first-order valence-electron chi connectivity index (χ1n) is 8.65. The number of hydrogen-bond acceptors (Lipinski definition) is 5. The van der Waals surface area contributed by atoms with Gasteiger partial charge in [0, 0.05) is 16.6 Å². The second kappa shape index (κ2) is 7.95. The molecule has 0 spiro atoms. The highest BCUT2D eigenvalue weighted by atomic mass is 16.5. The number of aryl methyl sites for hydroxylation is 2. The first-order valence-corrected chi connectivity index (χ1v) is 8.65. The highest BCUT2D eigenvalue weighted by molar-refractivity contribution is 5.98. The SMILES string of the molecule is CCc1ccccc1NC(=O)COC(=O)c1oc2ccc(OC)cc2c1C. The number of benzene rings is 2. The Morgan fingerprint density at radius 3 is 2.67 bits per heavy atom. The van der Waals surface area contributed by atoms with Crippen LogP contribution in [0.4, 0.5) is 5.69 Å². The van der Waals surface area contributed by atoms with Gasteiger partial charge in [-0.2, -0.15) is 0 Å². The molecule has 0 radical (unpaired) electrons. The molecule has 1 heterocycles. The number of anilines is 1. The number of furan rings is 1. The summed E-state index contributed by atoms with van der Waals surface area (Å²) in [6.07, 6.45) is 0.790. The second-order valence-electron chi connectivity index (χ2n) is 6.05. The van der Waals surface area contributed by atoms with Crippen LogP contribution in [0.15, 0.2) is 46.9 Å². The Hall–Kier alpha value is -3.28. The number of rotatable bonds is 6. The summed E-state index contributed by atoms with van der Waals surface area (Å²) >= 11 is 0. The Morgan fingerprint density at radius 2 is 1.93 bits per heavy atom. The van der Waals surface area contributed by atoms with Crippen LogP contribution in [0.3, 0.4) is 0 Å². The van der Waals surface area contributed by atoms with E-state index in [1.807, 2.05) is 31.2 Å². The Bertz CT molecular complexity index is 989. The molecule has 0 saturated heterocycles. The molecule has 6 nitrogen and oxygen atoms in total. The molecule has 140 valence electrons. The fourth-order valence-electron chi connectivity index (χ4n) is 2.86. The highest BCUT2D eigenvalue weighted by Crippen LogP contribution is 2.29. The number of hydrogen-bond donors (Lipinski definition) is 1. The van der Waals surface area contributed by atoms with E-state index in [0.29, 0.717) is 22.6 Å². The minimum atomic E-state index is -0.679. The molecule has 1 N–H and O–H groups in total. The number of esters is 1. The quantitative estimate of drug-likeness (QED) is 0.664. The molecule has 27 heavy (non-hydrogen) atoms. The lowest BCUT2D eigenvalue weighted by molar-refractivity contribution is -0.119. The molecule has 0 aliphatic rings. The van der Waals surface area contributed by atoms with Crippen LogP contribution in [0.2, 0.25) is 0 Å². The van der Waals surface area contributed by atoms with Gasteiger partial charge in [-0.15, -0.1) is 0 Å². The van der Waals surface area contributed by atoms with Crippen LogP contribution < -0.4 is 10.1 Å². The third-order valence-electron chi connectivity index (χ3n) is 4.34. The van der Waals surface area contributed by atoms with E-state index in [1.165, 1.54) is 0 Å². The monoisotopic (exact) mass is 367 g/mol.